The third-order valence-electron chi connectivity index (χ3n) is 3.87. The van der Waals surface area contributed by atoms with Crippen LogP contribution in [0.5, 0.6) is 5.75 Å². The summed E-state index contributed by atoms with van der Waals surface area (Å²) in [7, 11) is 0. The van der Waals surface area contributed by atoms with Crippen LogP contribution in [0.25, 0.3) is 0 Å². The third-order valence-corrected chi connectivity index (χ3v) is 4.28. The smallest absolute Gasteiger partial charge is 0.244 e. The Morgan fingerprint density at radius 3 is 2.88 bits per heavy atom. The topological polar surface area (TPSA) is 58.6 Å². The molecule has 2 aromatic rings. The van der Waals surface area contributed by atoms with E-state index < -0.39 is 0 Å². The number of rotatable bonds is 3. The highest BCUT2D eigenvalue weighted by Gasteiger charge is 2.25. The highest BCUT2D eigenvalue weighted by atomic mass is 35.5. The highest BCUT2D eigenvalue weighted by Crippen LogP contribution is 2.31. The Morgan fingerprint density at radius 1 is 1.25 bits per heavy atom. The van der Waals surface area contributed by atoms with E-state index in [1.54, 1.807) is 30.3 Å². The summed E-state index contributed by atoms with van der Waals surface area (Å²) in [5.41, 5.74) is 2.04. The Bertz CT molecular complexity index is 792. The first kappa shape index (κ1) is 16.3. The number of hydrogen-bond donors (Lipinski definition) is 1. The predicted octanol–water partition coefficient (Wildman–Crippen LogP) is 3.40. The second-order valence-corrected chi connectivity index (χ2v) is 5.91. The number of amides is 2. The van der Waals surface area contributed by atoms with Crippen LogP contribution in [-0.4, -0.2) is 25.0 Å². The van der Waals surface area contributed by atoms with Gasteiger partial charge in [-0.1, -0.05) is 29.8 Å². The van der Waals surface area contributed by atoms with E-state index >= 15 is 0 Å². The molecule has 0 aliphatic carbocycles. The summed E-state index contributed by atoms with van der Waals surface area (Å²) in [6.45, 7) is 2.06. The minimum atomic E-state index is -0.287. The van der Waals surface area contributed by atoms with Gasteiger partial charge in [-0.15, -0.1) is 0 Å². The molecule has 0 unspecified atom stereocenters. The molecule has 124 valence electrons. The predicted molar refractivity (Wildman–Crippen MR) is 93.7 cm³/mol. The molecular formula is C18H17ClN2O3. The van der Waals surface area contributed by atoms with E-state index in [9.17, 15) is 9.59 Å². The number of carbonyl (C=O) groups is 2. The average molecular weight is 345 g/mol. The van der Waals surface area contributed by atoms with E-state index in [0.717, 1.165) is 5.56 Å². The zero-order valence-electron chi connectivity index (χ0n) is 13.2. The first-order chi connectivity index (χ1) is 11.6. The summed E-state index contributed by atoms with van der Waals surface area (Å²) in [6.07, 6.45) is 0.234. The lowest BCUT2D eigenvalue weighted by molar-refractivity contribution is -0.121. The zero-order chi connectivity index (χ0) is 17.1. The van der Waals surface area contributed by atoms with Gasteiger partial charge in [-0.25, -0.2) is 0 Å². The summed E-state index contributed by atoms with van der Waals surface area (Å²) < 4.78 is 5.57. The first-order valence-electron chi connectivity index (χ1n) is 7.63. The largest absolute Gasteiger partial charge is 0.491 e. The Balaban J connectivity index is 1.80. The van der Waals surface area contributed by atoms with Crippen LogP contribution >= 0.6 is 11.6 Å². The summed E-state index contributed by atoms with van der Waals surface area (Å²) in [4.78, 5) is 26.2. The van der Waals surface area contributed by atoms with Crippen molar-refractivity contribution in [2.45, 2.75) is 13.3 Å². The van der Waals surface area contributed by atoms with Gasteiger partial charge in [-0.3, -0.25) is 14.5 Å². The van der Waals surface area contributed by atoms with Gasteiger partial charge in [-0.2, -0.15) is 0 Å². The van der Waals surface area contributed by atoms with Crippen molar-refractivity contribution in [2.75, 3.05) is 23.4 Å². The number of nitrogens with one attached hydrogen (secondary N) is 1. The lowest BCUT2D eigenvalue weighted by Gasteiger charge is -2.21. The van der Waals surface area contributed by atoms with Crippen LogP contribution in [-0.2, 0) is 9.59 Å². The molecule has 2 aromatic carbocycles. The van der Waals surface area contributed by atoms with Gasteiger partial charge in [-0.05, 0) is 36.8 Å². The lowest BCUT2D eigenvalue weighted by atomic mass is 10.2. The normalized spacial score (nSPS) is 13.8. The summed E-state index contributed by atoms with van der Waals surface area (Å²) in [5.74, 6) is 0.179. The molecule has 0 saturated carbocycles. The number of ether oxygens (including phenoxy) is 1. The Kier molecular flexibility index (Phi) is 4.71. The fourth-order valence-corrected chi connectivity index (χ4v) is 2.74. The molecule has 24 heavy (non-hydrogen) atoms. The molecule has 5 nitrogen and oxygen atoms in total. The van der Waals surface area contributed by atoms with Crippen LogP contribution in [0, 0.1) is 6.92 Å². The minimum Gasteiger partial charge on any atom is -0.491 e. The van der Waals surface area contributed by atoms with Crippen LogP contribution in [0.1, 0.15) is 12.0 Å². The Morgan fingerprint density at radius 2 is 2.04 bits per heavy atom. The molecule has 0 bridgehead atoms. The van der Waals surface area contributed by atoms with Crippen molar-refractivity contribution in [1.82, 2.24) is 0 Å². The zero-order valence-corrected chi connectivity index (χ0v) is 14.0. The molecule has 0 saturated heterocycles. The van der Waals surface area contributed by atoms with Crippen molar-refractivity contribution in [3.05, 3.63) is 53.1 Å². The number of para-hydroxylation sites is 2. The average Bonchev–Trinajstić information content (AvgIpc) is 2.72. The highest BCUT2D eigenvalue weighted by molar-refractivity contribution is 6.31. The maximum atomic E-state index is 12.4. The Labute approximate surface area is 145 Å². The van der Waals surface area contributed by atoms with Gasteiger partial charge in [0.05, 0.1) is 18.7 Å². The lowest BCUT2D eigenvalue weighted by Crippen LogP contribution is -2.37. The third kappa shape index (κ3) is 3.36. The van der Waals surface area contributed by atoms with Crippen molar-refractivity contribution in [3.8, 4) is 5.75 Å². The SMILES string of the molecule is Cc1c(Cl)cccc1NC(=O)CN1C(=O)CCOc2ccccc21. The molecule has 6 heteroatoms. The molecule has 1 N–H and O–H groups in total. The van der Waals surface area contributed by atoms with Crippen molar-refractivity contribution in [2.24, 2.45) is 0 Å². The van der Waals surface area contributed by atoms with Gasteiger partial charge in [0.1, 0.15) is 12.3 Å². The van der Waals surface area contributed by atoms with E-state index in [0.29, 0.717) is 28.8 Å². The standard InChI is InChI=1S/C18H17ClN2O3/c1-12-13(19)5-4-6-14(12)20-17(22)11-21-15-7-2-3-8-16(15)24-10-9-18(21)23/h2-8H,9-11H2,1H3,(H,20,22). The number of carbonyl (C=O) groups excluding carboxylic acids is 2. The molecule has 0 atom stereocenters. The number of fused-ring (bicyclic) bond motifs is 1. The van der Waals surface area contributed by atoms with E-state index in [1.165, 1.54) is 4.90 Å². The summed E-state index contributed by atoms with van der Waals surface area (Å²) >= 11 is 6.07. The van der Waals surface area contributed by atoms with Crippen LogP contribution in [0.3, 0.4) is 0 Å². The van der Waals surface area contributed by atoms with Gasteiger partial charge < -0.3 is 10.1 Å². The molecular weight excluding hydrogens is 328 g/mol. The number of anilines is 2. The maximum absolute atomic E-state index is 12.4. The van der Waals surface area contributed by atoms with Crippen LogP contribution in [0.4, 0.5) is 11.4 Å². The van der Waals surface area contributed by atoms with E-state index in [4.69, 9.17) is 16.3 Å². The van der Waals surface area contributed by atoms with Gasteiger partial charge >= 0.3 is 0 Å². The second-order valence-electron chi connectivity index (χ2n) is 5.51. The minimum absolute atomic E-state index is 0.0782. The molecule has 3 rings (SSSR count). The van der Waals surface area contributed by atoms with E-state index in [1.807, 2.05) is 19.1 Å². The Hall–Kier alpha value is -2.53. The van der Waals surface area contributed by atoms with Crippen LogP contribution < -0.4 is 15.0 Å². The van der Waals surface area contributed by atoms with Crippen molar-refractivity contribution in [1.29, 1.82) is 0 Å². The van der Waals surface area contributed by atoms with E-state index in [-0.39, 0.29) is 24.8 Å². The molecule has 1 aliphatic heterocycles. The molecule has 0 aromatic heterocycles. The quantitative estimate of drug-likeness (QED) is 0.928. The fourth-order valence-electron chi connectivity index (χ4n) is 2.57. The van der Waals surface area contributed by atoms with Crippen LogP contribution in [0.15, 0.2) is 42.5 Å². The van der Waals surface area contributed by atoms with Crippen molar-refractivity contribution < 1.29 is 14.3 Å². The van der Waals surface area contributed by atoms with E-state index in [2.05, 4.69) is 5.32 Å². The molecule has 2 amide bonds. The van der Waals surface area contributed by atoms with Crippen molar-refractivity contribution >= 4 is 34.8 Å². The number of hydrogen-bond acceptors (Lipinski definition) is 3. The molecule has 0 spiro atoms. The molecule has 0 radical (unpaired) electrons. The number of benzene rings is 2. The van der Waals surface area contributed by atoms with Gasteiger partial charge in [0.15, 0.2) is 0 Å². The molecule has 1 aliphatic rings. The maximum Gasteiger partial charge on any atom is 0.244 e. The summed E-state index contributed by atoms with van der Waals surface area (Å²) in [6, 6.07) is 12.5. The van der Waals surface area contributed by atoms with Gasteiger partial charge in [0, 0.05) is 10.7 Å². The number of halogens is 1. The summed E-state index contributed by atoms with van der Waals surface area (Å²) in [5, 5.41) is 3.39. The van der Waals surface area contributed by atoms with Crippen molar-refractivity contribution in [3.63, 3.8) is 0 Å². The monoisotopic (exact) mass is 344 g/mol. The second kappa shape index (κ2) is 6.93. The molecule has 0 fully saturated rings. The number of nitrogens with zero attached hydrogens (tertiary/aromatic N) is 1. The van der Waals surface area contributed by atoms with Gasteiger partial charge in [0.25, 0.3) is 0 Å². The van der Waals surface area contributed by atoms with Gasteiger partial charge in [0.2, 0.25) is 11.8 Å². The van der Waals surface area contributed by atoms with Crippen LogP contribution in [0.2, 0.25) is 5.02 Å². The first-order valence-corrected chi connectivity index (χ1v) is 8.01. The fraction of sp³-hybridized carbons (Fsp3) is 0.222. The molecule has 1 heterocycles.